The van der Waals surface area contributed by atoms with Crippen molar-refractivity contribution in [2.24, 2.45) is 5.73 Å². The molecule has 2 aromatic carbocycles. The number of carbonyl (C=O) groups excluding carboxylic acids is 2. The number of carbonyl (C=O) groups is 2. The summed E-state index contributed by atoms with van der Waals surface area (Å²) >= 11 is 0. The van der Waals surface area contributed by atoms with Gasteiger partial charge in [0.25, 0.3) is 5.91 Å². The smallest absolute Gasteiger partial charge is 0.255 e. The molecule has 0 radical (unpaired) electrons. The van der Waals surface area contributed by atoms with Crippen molar-refractivity contribution in [1.82, 2.24) is 10.2 Å². The summed E-state index contributed by atoms with van der Waals surface area (Å²) in [5.74, 6) is 0.127. The Labute approximate surface area is 146 Å². The van der Waals surface area contributed by atoms with Crippen molar-refractivity contribution in [3.8, 4) is 5.75 Å². The highest BCUT2D eigenvalue weighted by Gasteiger charge is 2.23. The number of nitrogens with two attached hydrogens (primary N) is 1. The topological polar surface area (TPSA) is 84.7 Å². The first kappa shape index (κ1) is 17.2. The average Bonchev–Trinajstić information content (AvgIpc) is 2.61. The van der Waals surface area contributed by atoms with Gasteiger partial charge in [0.2, 0.25) is 5.91 Å². The van der Waals surface area contributed by atoms with E-state index in [1.165, 1.54) is 0 Å². The molecule has 0 saturated carbocycles. The Hall–Kier alpha value is -2.60. The SMILES string of the molecule is COc1cc2ccccc2cc1C(=O)NC1CCN(CC(N)=O)CC1. The summed E-state index contributed by atoms with van der Waals surface area (Å²) in [6.45, 7) is 1.78. The minimum absolute atomic E-state index is 0.0906. The third-order valence-corrected chi connectivity index (χ3v) is 4.61. The average molecular weight is 341 g/mol. The zero-order valence-corrected chi connectivity index (χ0v) is 14.3. The van der Waals surface area contributed by atoms with Gasteiger partial charge in [-0.15, -0.1) is 0 Å². The van der Waals surface area contributed by atoms with Crippen LogP contribution in [0.3, 0.4) is 0 Å². The van der Waals surface area contributed by atoms with Crippen LogP contribution in [0, 0.1) is 0 Å². The van der Waals surface area contributed by atoms with E-state index >= 15 is 0 Å². The maximum atomic E-state index is 12.7. The largest absolute Gasteiger partial charge is 0.496 e. The fourth-order valence-corrected chi connectivity index (χ4v) is 3.28. The number of piperidine rings is 1. The summed E-state index contributed by atoms with van der Waals surface area (Å²) in [5, 5.41) is 5.13. The van der Waals surface area contributed by atoms with Crippen LogP contribution in [0.2, 0.25) is 0 Å². The monoisotopic (exact) mass is 341 g/mol. The molecule has 132 valence electrons. The highest BCUT2D eigenvalue weighted by molar-refractivity contribution is 6.01. The third-order valence-electron chi connectivity index (χ3n) is 4.61. The predicted octanol–water partition coefficient (Wildman–Crippen LogP) is 1.53. The van der Waals surface area contributed by atoms with Gasteiger partial charge in [0.1, 0.15) is 5.75 Å². The molecule has 2 aromatic rings. The van der Waals surface area contributed by atoms with Crippen LogP contribution in [0.15, 0.2) is 36.4 Å². The van der Waals surface area contributed by atoms with Gasteiger partial charge in [-0.3, -0.25) is 14.5 Å². The number of methoxy groups -OCH3 is 1. The van der Waals surface area contributed by atoms with Gasteiger partial charge >= 0.3 is 0 Å². The number of primary amides is 1. The summed E-state index contributed by atoms with van der Waals surface area (Å²) in [7, 11) is 1.57. The van der Waals surface area contributed by atoms with E-state index in [1.807, 2.05) is 41.3 Å². The molecule has 2 amide bonds. The summed E-state index contributed by atoms with van der Waals surface area (Å²) in [4.78, 5) is 25.7. The molecule has 1 aliphatic heterocycles. The number of rotatable bonds is 5. The van der Waals surface area contributed by atoms with E-state index in [9.17, 15) is 9.59 Å². The first-order chi connectivity index (χ1) is 12.1. The van der Waals surface area contributed by atoms with Crippen molar-refractivity contribution in [3.63, 3.8) is 0 Å². The van der Waals surface area contributed by atoms with Gasteiger partial charge < -0.3 is 15.8 Å². The van der Waals surface area contributed by atoms with Gasteiger partial charge in [0.15, 0.2) is 0 Å². The van der Waals surface area contributed by atoms with E-state index in [1.54, 1.807) is 7.11 Å². The zero-order chi connectivity index (χ0) is 17.8. The number of hydrogen-bond acceptors (Lipinski definition) is 4. The Kier molecular flexibility index (Phi) is 5.19. The molecule has 3 N–H and O–H groups in total. The lowest BCUT2D eigenvalue weighted by Crippen LogP contribution is -2.46. The molecule has 25 heavy (non-hydrogen) atoms. The van der Waals surface area contributed by atoms with Crippen LogP contribution >= 0.6 is 0 Å². The Morgan fingerprint density at radius 2 is 1.84 bits per heavy atom. The van der Waals surface area contributed by atoms with Crippen molar-refractivity contribution in [1.29, 1.82) is 0 Å². The standard InChI is InChI=1S/C19H23N3O3/c1-25-17-11-14-5-3-2-4-13(14)10-16(17)19(24)21-15-6-8-22(9-7-15)12-18(20)23/h2-5,10-11,15H,6-9,12H2,1H3,(H2,20,23)(H,21,24). The van der Waals surface area contributed by atoms with Crippen molar-refractivity contribution in [2.45, 2.75) is 18.9 Å². The second-order valence-corrected chi connectivity index (χ2v) is 6.39. The first-order valence-electron chi connectivity index (χ1n) is 8.45. The molecule has 1 aliphatic rings. The van der Waals surface area contributed by atoms with Crippen LogP contribution in [-0.2, 0) is 4.79 Å². The highest BCUT2D eigenvalue weighted by Crippen LogP contribution is 2.26. The molecule has 0 spiro atoms. The molecule has 0 aliphatic carbocycles. The van der Waals surface area contributed by atoms with Crippen LogP contribution in [0.4, 0.5) is 0 Å². The lowest BCUT2D eigenvalue weighted by atomic mass is 10.0. The normalized spacial score (nSPS) is 15.9. The molecule has 1 heterocycles. The summed E-state index contributed by atoms with van der Waals surface area (Å²) < 4.78 is 5.40. The maximum absolute atomic E-state index is 12.7. The molecule has 1 fully saturated rings. The molecule has 1 saturated heterocycles. The van der Waals surface area contributed by atoms with E-state index in [2.05, 4.69) is 5.32 Å². The molecule has 3 rings (SSSR count). The van der Waals surface area contributed by atoms with Crippen molar-refractivity contribution in [3.05, 3.63) is 42.0 Å². The van der Waals surface area contributed by atoms with Gasteiger partial charge in [-0.05, 0) is 35.7 Å². The summed E-state index contributed by atoms with van der Waals surface area (Å²) in [6.07, 6.45) is 1.60. The maximum Gasteiger partial charge on any atom is 0.255 e. The van der Waals surface area contributed by atoms with Crippen LogP contribution < -0.4 is 15.8 Å². The zero-order valence-electron chi connectivity index (χ0n) is 14.3. The lowest BCUT2D eigenvalue weighted by molar-refractivity contribution is -0.119. The van der Waals surface area contributed by atoms with Crippen LogP contribution in [0.25, 0.3) is 10.8 Å². The number of fused-ring (bicyclic) bond motifs is 1. The molecular weight excluding hydrogens is 318 g/mol. The number of amides is 2. The van der Waals surface area contributed by atoms with Gasteiger partial charge in [0.05, 0.1) is 19.2 Å². The van der Waals surface area contributed by atoms with Crippen molar-refractivity contribution >= 4 is 22.6 Å². The number of benzene rings is 2. The number of nitrogens with zero attached hydrogens (tertiary/aromatic N) is 1. The minimum atomic E-state index is -0.316. The molecular formula is C19H23N3O3. The molecule has 6 nitrogen and oxygen atoms in total. The van der Waals surface area contributed by atoms with Gasteiger partial charge in [-0.25, -0.2) is 0 Å². The number of hydrogen-bond donors (Lipinski definition) is 2. The number of nitrogens with one attached hydrogen (secondary N) is 1. The fourth-order valence-electron chi connectivity index (χ4n) is 3.28. The molecule has 0 aromatic heterocycles. The van der Waals surface area contributed by atoms with Crippen molar-refractivity contribution < 1.29 is 14.3 Å². The fraction of sp³-hybridized carbons (Fsp3) is 0.368. The number of ether oxygens (including phenoxy) is 1. The summed E-state index contributed by atoms with van der Waals surface area (Å²) in [5.41, 5.74) is 5.77. The first-order valence-corrected chi connectivity index (χ1v) is 8.45. The van der Waals surface area contributed by atoms with E-state index in [-0.39, 0.29) is 24.4 Å². The van der Waals surface area contributed by atoms with E-state index in [0.29, 0.717) is 11.3 Å². The van der Waals surface area contributed by atoms with Gasteiger partial charge in [-0.2, -0.15) is 0 Å². The van der Waals surface area contributed by atoms with E-state index in [4.69, 9.17) is 10.5 Å². The summed E-state index contributed by atoms with van der Waals surface area (Å²) in [6, 6.07) is 11.7. The molecule has 0 bridgehead atoms. The van der Waals surface area contributed by atoms with Crippen LogP contribution in [0.1, 0.15) is 23.2 Å². The van der Waals surface area contributed by atoms with Crippen LogP contribution in [-0.4, -0.2) is 49.5 Å². The van der Waals surface area contributed by atoms with Gasteiger partial charge in [-0.1, -0.05) is 24.3 Å². The van der Waals surface area contributed by atoms with E-state index < -0.39 is 0 Å². The van der Waals surface area contributed by atoms with Gasteiger partial charge in [0, 0.05) is 19.1 Å². The highest BCUT2D eigenvalue weighted by atomic mass is 16.5. The predicted molar refractivity (Wildman–Crippen MR) is 96.6 cm³/mol. The third kappa shape index (κ3) is 4.09. The lowest BCUT2D eigenvalue weighted by Gasteiger charge is -2.31. The Bertz CT molecular complexity index is 783. The van der Waals surface area contributed by atoms with Crippen LogP contribution in [0.5, 0.6) is 5.75 Å². The van der Waals surface area contributed by atoms with E-state index in [0.717, 1.165) is 36.7 Å². The molecule has 0 unspecified atom stereocenters. The second-order valence-electron chi connectivity index (χ2n) is 6.39. The molecule has 6 heteroatoms. The Morgan fingerprint density at radius 1 is 1.20 bits per heavy atom. The van der Waals surface area contributed by atoms with Crippen molar-refractivity contribution in [2.75, 3.05) is 26.7 Å². The Balaban J connectivity index is 1.69. The quantitative estimate of drug-likeness (QED) is 0.864. The molecule has 0 atom stereocenters. The Morgan fingerprint density at radius 3 is 2.44 bits per heavy atom. The number of likely N-dealkylation sites (tertiary alicyclic amines) is 1. The second kappa shape index (κ2) is 7.53. The minimum Gasteiger partial charge on any atom is -0.496 e.